The third kappa shape index (κ3) is 25.7. The first kappa shape index (κ1) is 9.94. The normalized spacial score (nSPS) is 7.00. The molecule has 0 atom stereocenters. The molecule has 0 saturated carbocycles. The quantitative estimate of drug-likeness (QED) is 0.476. The van der Waals surface area contributed by atoms with Crippen LogP contribution < -0.4 is 0 Å². The van der Waals surface area contributed by atoms with Crippen LogP contribution in [0.4, 0.5) is 0 Å². The van der Waals surface area contributed by atoms with Gasteiger partial charge in [-0.3, -0.25) is 0 Å². The molecular formula is H4BaO3Se. The van der Waals surface area contributed by atoms with Gasteiger partial charge in [-0.25, -0.2) is 0 Å². The molecule has 0 spiro atoms. The number of hydrogen-bond acceptors (Lipinski definition) is 1. The van der Waals surface area contributed by atoms with E-state index >= 15 is 0 Å². The van der Waals surface area contributed by atoms with Crippen molar-refractivity contribution in [3.05, 3.63) is 0 Å². The van der Waals surface area contributed by atoms with Crippen molar-refractivity contribution in [3.8, 4) is 0 Å². The van der Waals surface area contributed by atoms with Crippen molar-refractivity contribution in [2.24, 2.45) is 0 Å². The molecule has 3 nitrogen and oxygen atoms in total. The SMILES string of the molecule is O=[Se](O)O.[BaH2]. The van der Waals surface area contributed by atoms with Crippen LogP contribution in [-0.4, -0.2) is 71.8 Å². The van der Waals surface area contributed by atoms with Crippen molar-refractivity contribution >= 4 is 63.4 Å². The molecule has 0 rings (SSSR count). The molecule has 0 radical (unpaired) electrons. The van der Waals surface area contributed by atoms with Crippen LogP contribution in [0.1, 0.15) is 0 Å². The van der Waals surface area contributed by atoms with E-state index in [0.29, 0.717) is 0 Å². The van der Waals surface area contributed by atoms with Crippen LogP contribution in [0.25, 0.3) is 0 Å². The van der Waals surface area contributed by atoms with Crippen molar-refractivity contribution < 1.29 is 12.2 Å². The minimum absolute atomic E-state index is 0. The average Bonchev–Trinajstić information content (AvgIpc) is 0.811. The molecule has 0 aliphatic carbocycles. The second-order valence-electron chi connectivity index (χ2n) is 0.231. The molecule has 5 heteroatoms. The Morgan fingerprint density at radius 3 is 1.40 bits per heavy atom. The summed E-state index contributed by atoms with van der Waals surface area (Å²) >= 11 is -3.29. The summed E-state index contributed by atoms with van der Waals surface area (Å²) < 4.78 is 23.1. The van der Waals surface area contributed by atoms with Gasteiger partial charge < -0.3 is 0 Å². The van der Waals surface area contributed by atoms with Crippen LogP contribution in [0.3, 0.4) is 0 Å². The van der Waals surface area contributed by atoms with Crippen LogP contribution in [0.2, 0.25) is 0 Å². The van der Waals surface area contributed by atoms with Gasteiger partial charge in [0, 0.05) is 0 Å². The summed E-state index contributed by atoms with van der Waals surface area (Å²) in [5, 5.41) is 0. The molecule has 5 heavy (non-hydrogen) atoms. The molecule has 0 unspecified atom stereocenters. The fourth-order valence-electron chi connectivity index (χ4n) is 0. The zero-order valence-corrected chi connectivity index (χ0v) is 3.42. The van der Waals surface area contributed by atoms with Gasteiger partial charge in [0.25, 0.3) is 0 Å². The number of hydrogen-bond donors (Lipinski definition) is 2. The van der Waals surface area contributed by atoms with Crippen molar-refractivity contribution in [3.63, 3.8) is 0 Å². The van der Waals surface area contributed by atoms with Gasteiger partial charge >= 0.3 is 75.6 Å². The standard InChI is InChI=1S/Ba.H2O3Se.2H/c;1-4(2)3;;/h;(H2,1,2,3);;. The summed E-state index contributed by atoms with van der Waals surface area (Å²) in [5.41, 5.74) is 0. The molecule has 0 fully saturated rings. The summed E-state index contributed by atoms with van der Waals surface area (Å²) in [6, 6.07) is 0. The summed E-state index contributed by atoms with van der Waals surface area (Å²) in [7, 11) is 0. The maximum absolute atomic E-state index is 8.76. The number of rotatable bonds is 0. The first-order valence-electron chi connectivity index (χ1n) is 0.532. The Kier molecular flexibility index (Phi) is 11.5. The average molecular weight is 268 g/mol. The molecule has 0 aliphatic heterocycles. The molecule has 30 valence electrons. The van der Waals surface area contributed by atoms with Gasteiger partial charge in [-0.1, -0.05) is 0 Å². The maximum atomic E-state index is 8.76. The van der Waals surface area contributed by atoms with Gasteiger partial charge in [-0.2, -0.15) is 0 Å². The van der Waals surface area contributed by atoms with E-state index in [2.05, 4.69) is 0 Å². The fourth-order valence-corrected chi connectivity index (χ4v) is 0. The zero-order chi connectivity index (χ0) is 3.58. The Balaban J connectivity index is 0. The van der Waals surface area contributed by atoms with Gasteiger partial charge in [0.05, 0.1) is 0 Å². The Hall–Kier alpha value is 1.81. The molecule has 0 heterocycles. The van der Waals surface area contributed by atoms with E-state index in [1.807, 2.05) is 0 Å². The first-order chi connectivity index (χ1) is 1.73. The van der Waals surface area contributed by atoms with Crippen LogP contribution in [0.5, 0.6) is 0 Å². The van der Waals surface area contributed by atoms with E-state index in [4.69, 9.17) is 12.2 Å². The van der Waals surface area contributed by atoms with Crippen LogP contribution in [0.15, 0.2) is 0 Å². The Morgan fingerprint density at radius 2 is 1.40 bits per heavy atom. The second kappa shape index (κ2) is 5.81. The van der Waals surface area contributed by atoms with Gasteiger partial charge in [0.15, 0.2) is 0 Å². The van der Waals surface area contributed by atoms with E-state index < -0.39 is 14.5 Å². The Morgan fingerprint density at radius 1 is 1.40 bits per heavy atom. The second-order valence-corrected chi connectivity index (χ2v) is 1.20. The topological polar surface area (TPSA) is 57.5 Å². The molecule has 2 N–H and O–H groups in total. The van der Waals surface area contributed by atoms with Crippen molar-refractivity contribution in [2.75, 3.05) is 0 Å². The van der Waals surface area contributed by atoms with Gasteiger partial charge in [0.1, 0.15) is 0 Å². The first-order valence-corrected chi connectivity index (χ1v) is 2.76. The summed E-state index contributed by atoms with van der Waals surface area (Å²) in [5.74, 6) is 0. The van der Waals surface area contributed by atoms with E-state index in [1.165, 1.54) is 0 Å². The molecule has 0 aliphatic rings. The van der Waals surface area contributed by atoms with Crippen molar-refractivity contribution in [1.29, 1.82) is 0 Å². The summed E-state index contributed by atoms with van der Waals surface area (Å²) in [6.45, 7) is 0. The molecule has 0 amide bonds. The van der Waals surface area contributed by atoms with Gasteiger partial charge in [-0.15, -0.1) is 0 Å². The molecular weight excluding hydrogens is 264 g/mol. The van der Waals surface area contributed by atoms with Gasteiger partial charge in [-0.05, 0) is 0 Å². The molecule has 0 aromatic carbocycles. The fraction of sp³-hybridized carbons (Fsp3) is 0. The Labute approximate surface area is 74.2 Å². The molecule has 0 aromatic rings. The van der Waals surface area contributed by atoms with Crippen LogP contribution in [-0.2, 0) is 3.83 Å². The van der Waals surface area contributed by atoms with E-state index in [9.17, 15) is 0 Å². The summed E-state index contributed by atoms with van der Waals surface area (Å²) in [6.07, 6.45) is 0. The predicted molar refractivity (Wildman–Crippen MR) is 19.4 cm³/mol. The molecule has 0 aromatic heterocycles. The monoisotopic (exact) mass is 270 g/mol. The molecule has 0 saturated heterocycles. The van der Waals surface area contributed by atoms with Crippen LogP contribution in [0, 0.1) is 0 Å². The third-order valence-corrected chi connectivity index (χ3v) is 0. The van der Waals surface area contributed by atoms with Crippen LogP contribution >= 0.6 is 0 Å². The van der Waals surface area contributed by atoms with E-state index in [1.54, 1.807) is 0 Å². The predicted octanol–water partition coefficient (Wildman–Crippen LogP) is -2.53. The van der Waals surface area contributed by atoms with E-state index in [0.717, 1.165) is 0 Å². The van der Waals surface area contributed by atoms with Crippen molar-refractivity contribution in [2.45, 2.75) is 0 Å². The molecule has 0 bridgehead atoms. The summed E-state index contributed by atoms with van der Waals surface area (Å²) in [4.78, 5) is 0. The van der Waals surface area contributed by atoms with Gasteiger partial charge in [0.2, 0.25) is 0 Å². The minimum atomic E-state index is -3.29. The Bertz CT molecular complexity index is 29.9. The van der Waals surface area contributed by atoms with E-state index in [-0.39, 0.29) is 48.9 Å². The third-order valence-electron chi connectivity index (χ3n) is 0. The van der Waals surface area contributed by atoms with Crippen molar-refractivity contribution in [1.82, 2.24) is 0 Å². The zero-order valence-electron chi connectivity index (χ0n) is 1.71.